The molecule has 0 aliphatic carbocycles. The van der Waals surface area contributed by atoms with Gasteiger partial charge in [-0.15, -0.1) is 0 Å². The lowest BCUT2D eigenvalue weighted by Gasteiger charge is -2.32. The van der Waals surface area contributed by atoms with Gasteiger partial charge in [0, 0.05) is 18.8 Å². The number of aryl methyl sites for hydroxylation is 1. The van der Waals surface area contributed by atoms with Crippen molar-refractivity contribution in [3.05, 3.63) is 65.7 Å². The highest BCUT2D eigenvalue weighted by Crippen LogP contribution is 2.37. The zero-order valence-corrected chi connectivity index (χ0v) is 18.4. The highest BCUT2D eigenvalue weighted by Gasteiger charge is 2.51. The summed E-state index contributed by atoms with van der Waals surface area (Å²) < 4.78 is 12.5. The van der Waals surface area contributed by atoms with E-state index in [9.17, 15) is 0 Å². The molecule has 0 radical (unpaired) electrons. The van der Waals surface area contributed by atoms with Crippen LogP contribution < -0.4 is 10.4 Å². The standard InChI is InChI=1S/C25H32BNO2/c1-19-18-22(26-28-24(2,3)25(4,5)29-26)13-14-23(19)27-16-9-12-21(15-17-27)20-10-7-6-8-11-20/h6-8,10-14,18H,9,15-17H2,1-5H3. The summed E-state index contributed by atoms with van der Waals surface area (Å²) in [6.07, 6.45) is 4.55. The Hall–Kier alpha value is -2.04. The molecule has 0 saturated carbocycles. The van der Waals surface area contributed by atoms with Gasteiger partial charge in [0.1, 0.15) is 0 Å². The van der Waals surface area contributed by atoms with Crippen LogP contribution in [0.3, 0.4) is 0 Å². The Kier molecular flexibility index (Phi) is 5.35. The third-order valence-corrected chi connectivity index (χ3v) is 6.67. The van der Waals surface area contributed by atoms with Crippen LogP contribution in [0.4, 0.5) is 5.69 Å². The van der Waals surface area contributed by atoms with Crippen LogP contribution >= 0.6 is 0 Å². The zero-order valence-electron chi connectivity index (χ0n) is 18.4. The normalized spacial score (nSPS) is 21.1. The van der Waals surface area contributed by atoms with E-state index >= 15 is 0 Å². The van der Waals surface area contributed by atoms with Crippen molar-refractivity contribution in [1.82, 2.24) is 0 Å². The number of hydrogen-bond donors (Lipinski definition) is 0. The van der Waals surface area contributed by atoms with Gasteiger partial charge in [0.05, 0.1) is 11.2 Å². The van der Waals surface area contributed by atoms with E-state index < -0.39 is 0 Å². The molecule has 29 heavy (non-hydrogen) atoms. The number of anilines is 1. The van der Waals surface area contributed by atoms with E-state index in [4.69, 9.17) is 9.31 Å². The highest BCUT2D eigenvalue weighted by molar-refractivity contribution is 6.62. The van der Waals surface area contributed by atoms with E-state index in [2.05, 4.69) is 94.1 Å². The average Bonchev–Trinajstić information content (AvgIpc) is 2.84. The highest BCUT2D eigenvalue weighted by atomic mass is 16.7. The fourth-order valence-corrected chi connectivity index (χ4v) is 4.18. The average molecular weight is 389 g/mol. The number of nitrogens with zero attached hydrogens (tertiary/aromatic N) is 1. The van der Waals surface area contributed by atoms with E-state index in [1.165, 1.54) is 22.4 Å². The van der Waals surface area contributed by atoms with Gasteiger partial charge in [-0.1, -0.05) is 48.5 Å². The van der Waals surface area contributed by atoms with E-state index in [1.54, 1.807) is 0 Å². The van der Waals surface area contributed by atoms with Crippen molar-refractivity contribution < 1.29 is 9.31 Å². The molecule has 1 fully saturated rings. The van der Waals surface area contributed by atoms with Crippen molar-refractivity contribution in [3.8, 4) is 0 Å². The van der Waals surface area contributed by atoms with Gasteiger partial charge in [-0.25, -0.2) is 0 Å². The summed E-state index contributed by atoms with van der Waals surface area (Å²) in [6.45, 7) is 12.7. The quantitative estimate of drug-likeness (QED) is 0.692. The summed E-state index contributed by atoms with van der Waals surface area (Å²) in [5.74, 6) is 0. The minimum Gasteiger partial charge on any atom is -0.399 e. The van der Waals surface area contributed by atoms with Crippen molar-refractivity contribution in [2.75, 3.05) is 18.0 Å². The smallest absolute Gasteiger partial charge is 0.399 e. The maximum atomic E-state index is 6.23. The van der Waals surface area contributed by atoms with Crippen molar-refractivity contribution in [2.24, 2.45) is 0 Å². The van der Waals surface area contributed by atoms with Crippen LogP contribution in [0.2, 0.25) is 0 Å². The van der Waals surface area contributed by atoms with Gasteiger partial charge >= 0.3 is 7.12 Å². The van der Waals surface area contributed by atoms with Crippen molar-refractivity contribution in [1.29, 1.82) is 0 Å². The molecule has 2 aromatic rings. The fourth-order valence-electron chi connectivity index (χ4n) is 4.18. The molecule has 0 bridgehead atoms. The third-order valence-electron chi connectivity index (χ3n) is 6.67. The maximum absolute atomic E-state index is 6.23. The molecule has 4 heteroatoms. The molecule has 1 saturated heterocycles. The molecule has 0 aromatic heterocycles. The molecule has 2 aliphatic heterocycles. The van der Waals surface area contributed by atoms with Gasteiger partial charge in [0.25, 0.3) is 0 Å². The zero-order chi connectivity index (χ0) is 20.6. The Morgan fingerprint density at radius 3 is 2.24 bits per heavy atom. The van der Waals surface area contributed by atoms with Gasteiger partial charge in [-0.05, 0) is 75.7 Å². The molecule has 2 heterocycles. The molecular formula is C25H32BNO2. The van der Waals surface area contributed by atoms with E-state index in [-0.39, 0.29) is 18.3 Å². The first-order valence-corrected chi connectivity index (χ1v) is 10.7. The van der Waals surface area contributed by atoms with Crippen LogP contribution in [-0.2, 0) is 9.31 Å². The Morgan fingerprint density at radius 2 is 1.59 bits per heavy atom. The third kappa shape index (κ3) is 4.01. The molecule has 152 valence electrons. The first-order chi connectivity index (χ1) is 13.8. The molecule has 0 spiro atoms. The van der Waals surface area contributed by atoms with Crippen LogP contribution in [0.1, 0.15) is 51.7 Å². The van der Waals surface area contributed by atoms with Crippen LogP contribution in [0.15, 0.2) is 54.6 Å². The molecule has 2 aliphatic rings. The lowest BCUT2D eigenvalue weighted by Crippen LogP contribution is -2.41. The summed E-state index contributed by atoms with van der Waals surface area (Å²) in [6, 6.07) is 17.4. The van der Waals surface area contributed by atoms with Gasteiger partial charge in [0.15, 0.2) is 0 Å². The monoisotopic (exact) mass is 389 g/mol. The molecular weight excluding hydrogens is 357 g/mol. The van der Waals surface area contributed by atoms with Crippen molar-refractivity contribution >= 4 is 23.8 Å². The predicted molar refractivity (Wildman–Crippen MR) is 123 cm³/mol. The summed E-state index contributed by atoms with van der Waals surface area (Å²) >= 11 is 0. The lowest BCUT2D eigenvalue weighted by atomic mass is 9.78. The predicted octanol–water partition coefficient (Wildman–Crippen LogP) is 4.98. The molecule has 2 aromatic carbocycles. The first kappa shape index (κ1) is 20.2. The maximum Gasteiger partial charge on any atom is 0.494 e. The molecule has 0 N–H and O–H groups in total. The van der Waals surface area contributed by atoms with Crippen LogP contribution in [-0.4, -0.2) is 31.4 Å². The summed E-state index contributed by atoms with van der Waals surface area (Å²) in [5.41, 5.74) is 5.88. The summed E-state index contributed by atoms with van der Waals surface area (Å²) in [4.78, 5) is 2.51. The molecule has 3 nitrogen and oxygen atoms in total. The fraction of sp³-hybridized carbons (Fsp3) is 0.440. The van der Waals surface area contributed by atoms with Gasteiger partial charge in [-0.3, -0.25) is 0 Å². The second-order valence-corrected chi connectivity index (χ2v) is 9.26. The van der Waals surface area contributed by atoms with Crippen LogP contribution in [0, 0.1) is 6.92 Å². The van der Waals surface area contributed by atoms with Crippen molar-refractivity contribution in [3.63, 3.8) is 0 Å². The Bertz CT molecular complexity index is 888. The van der Waals surface area contributed by atoms with Gasteiger partial charge in [0.2, 0.25) is 0 Å². The van der Waals surface area contributed by atoms with Gasteiger partial charge < -0.3 is 14.2 Å². The number of rotatable bonds is 3. The topological polar surface area (TPSA) is 21.7 Å². The first-order valence-electron chi connectivity index (χ1n) is 10.7. The molecule has 0 unspecified atom stereocenters. The molecule has 4 rings (SSSR count). The van der Waals surface area contributed by atoms with Crippen molar-refractivity contribution in [2.45, 2.75) is 58.7 Å². The Morgan fingerprint density at radius 1 is 0.897 bits per heavy atom. The van der Waals surface area contributed by atoms with E-state index in [1.807, 2.05) is 0 Å². The molecule has 0 amide bonds. The molecule has 0 atom stereocenters. The summed E-state index contributed by atoms with van der Waals surface area (Å²) in [7, 11) is -0.303. The van der Waals surface area contributed by atoms with Gasteiger partial charge in [-0.2, -0.15) is 0 Å². The lowest BCUT2D eigenvalue weighted by molar-refractivity contribution is 0.00578. The second kappa shape index (κ2) is 7.66. The Labute approximate surface area is 175 Å². The minimum absolute atomic E-state index is 0.303. The van der Waals surface area contributed by atoms with E-state index in [0.29, 0.717) is 0 Å². The SMILES string of the molecule is Cc1cc(B2OC(C)(C)C(C)(C)O2)ccc1N1CCC=C(c2ccccc2)CC1. The largest absolute Gasteiger partial charge is 0.494 e. The van der Waals surface area contributed by atoms with Crippen LogP contribution in [0.25, 0.3) is 5.57 Å². The second-order valence-electron chi connectivity index (χ2n) is 9.26. The summed E-state index contributed by atoms with van der Waals surface area (Å²) in [5, 5.41) is 0. The Balaban J connectivity index is 1.48. The minimum atomic E-state index is -0.311. The van der Waals surface area contributed by atoms with Crippen LogP contribution in [0.5, 0.6) is 0 Å². The number of benzene rings is 2. The number of hydrogen-bond acceptors (Lipinski definition) is 3. The van der Waals surface area contributed by atoms with E-state index in [0.717, 1.165) is 31.4 Å².